The Kier molecular flexibility index (Phi) is 2.95. The molecule has 0 aliphatic heterocycles. The molecule has 0 saturated carbocycles. The van der Waals surface area contributed by atoms with E-state index in [2.05, 4.69) is 26.8 Å². The lowest BCUT2D eigenvalue weighted by Gasteiger charge is -2.22. The molecule has 0 unspecified atom stereocenters. The van der Waals surface area contributed by atoms with Crippen LogP contribution in [0.3, 0.4) is 0 Å². The smallest absolute Gasteiger partial charge is 0.164 e. The first-order valence-electron chi connectivity index (χ1n) is 5.57. The van der Waals surface area contributed by atoms with Crippen molar-refractivity contribution >= 4 is 5.78 Å². The zero-order chi connectivity index (χ0) is 11.9. The van der Waals surface area contributed by atoms with Gasteiger partial charge in [-0.25, -0.2) is 0 Å². The SMILES string of the molecule is CC(C)(C)C(=O)C1=CC=C(C(C)(C)C)C1. The van der Waals surface area contributed by atoms with Crippen LogP contribution in [0.15, 0.2) is 23.3 Å². The first-order chi connectivity index (χ1) is 6.62. The highest BCUT2D eigenvalue weighted by Crippen LogP contribution is 2.36. The Bertz CT molecular complexity index is 329. The van der Waals surface area contributed by atoms with Crippen LogP contribution in [0.4, 0.5) is 0 Å². The van der Waals surface area contributed by atoms with Gasteiger partial charge in [0, 0.05) is 5.41 Å². The van der Waals surface area contributed by atoms with E-state index >= 15 is 0 Å². The molecule has 15 heavy (non-hydrogen) atoms. The zero-order valence-electron chi connectivity index (χ0n) is 10.8. The van der Waals surface area contributed by atoms with Crippen molar-refractivity contribution in [2.75, 3.05) is 0 Å². The van der Waals surface area contributed by atoms with E-state index in [1.54, 1.807) is 0 Å². The second-order valence-corrected chi connectivity index (χ2v) is 6.39. The lowest BCUT2D eigenvalue weighted by Crippen LogP contribution is -2.22. The van der Waals surface area contributed by atoms with Crippen LogP contribution in [0.5, 0.6) is 0 Å². The van der Waals surface area contributed by atoms with Crippen molar-refractivity contribution in [1.29, 1.82) is 0 Å². The fourth-order valence-electron chi connectivity index (χ4n) is 1.68. The summed E-state index contributed by atoms with van der Waals surface area (Å²) in [6.45, 7) is 12.5. The van der Waals surface area contributed by atoms with Crippen molar-refractivity contribution in [2.24, 2.45) is 10.8 Å². The summed E-state index contributed by atoms with van der Waals surface area (Å²) in [5, 5.41) is 0. The Morgan fingerprint density at radius 2 is 1.60 bits per heavy atom. The van der Waals surface area contributed by atoms with Crippen LogP contribution in [-0.4, -0.2) is 5.78 Å². The van der Waals surface area contributed by atoms with Crippen LogP contribution in [-0.2, 0) is 4.79 Å². The molecule has 0 aromatic carbocycles. The Morgan fingerprint density at radius 3 is 1.93 bits per heavy atom. The van der Waals surface area contributed by atoms with Crippen molar-refractivity contribution < 1.29 is 4.79 Å². The minimum atomic E-state index is -0.257. The van der Waals surface area contributed by atoms with E-state index in [1.165, 1.54) is 5.57 Å². The molecule has 0 radical (unpaired) electrons. The maximum Gasteiger partial charge on any atom is 0.164 e. The van der Waals surface area contributed by atoms with Gasteiger partial charge in [-0.1, -0.05) is 59.3 Å². The van der Waals surface area contributed by atoms with Crippen LogP contribution < -0.4 is 0 Å². The lowest BCUT2D eigenvalue weighted by atomic mass is 9.81. The molecule has 0 saturated heterocycles. The highest BCUT2D eigenvalue weighted by molar-refractivity contribution is 6.00. The van der Waals surface area contributed by atoms with Gasteiger partial charge in [0.05, 0.1) is 0 Å². The fourth-order valence-corrected chi connectivity index (χ4v) is 1.68. The van der Waals surface area contributed by atoms with Gasteiger partial charge in [0.25, 0.3) is 0 Å². The maximum absolute atomic E-state index is 12.0. The largest absolute Gasteiger partial charge is 0.294 e. The first-order valence-corrected chi connectivity index (χ1v) is 5.57. The standard InChI is InChI=1S/C14H22O/c1-13(2,3)11-8-7-10(9-11)12(15)14(4,5)6/h7-8H,9H2,1-6H3. The van der Waals surface area contributed by atoms with E-state index < -0.39 is 0 Å². The summed E-state index contributed by atoms with van der Waals surface area (Å²) in [6, 6.07) is 0. The Morgan fingerprint density at radius 1 is 1.07 bits per heavy atom. The van der Waals surface area contributed by atoms with Gasteiger partial charge in [0.1, 0.15) is 0 Å². The highest BCUT2D eigenvalue weighted by atomic mass is 16.1. The van der Waals surface area contributed by atoms with Crippen molar-refractivity contribution in [2.45, 2.75) is 48.0 Å². The number of rotatable bonds is 1. The second-order valence-electron chi connectivity index (χ2n) is 6.39. The van der Waals surface area contributed by atoms with Crippen LogP contribution in [0.1, 0.15) is 48.0 Å². The van der Waals surface area contributed by atoms with Gasteiger partial charge >= 0.3 is 0 Å². The molecule has 1 heteroatoms. The van der Waals surface area contributed by atoms with Crippen LogP contribution in [0.25, 0.3) is 0 Å². The van der Waals surface area contributed by atoms with Crippen LogP contribution in [0.2, 0.25) is 0 Å². The molecular formula is C14H22O. The number of carbonyl (C=O) groups excluding carboxylic acids is 1. The molecule has 0 amide bonds. The summed E-state index contributed by atoms with van der Waals surface area (Å²) in [4.78, 5) is 12.0. The summed E-state index contributed by atoms with van der Waals surface area (Å²) in [6.07, 6.45) is 4.94. The summed E-state index contributed by atoms with van der Waals surface area (Å²) in [5.41, 5.74) is 2.24. The molecule has 1 aliphatic rings. The van der Waals surface area contributed by atoms with E-state index in [-0.39, 0.29) is 16.6 Å². The van der Waals surface area contributed by atoms with Gasteiger partial charge in [-0.05, 0) is 17.4 Å². The minimum absolute atomic E-state index is 0.177. The maximum atomic E-state index is 12.0. The molecule has 1 rings (SSSR count). The van der Waals surface area contributed by atoms with Gasteiger partial charge < -0.3 is 0 Å². The number of hydrogen-bond donors (Lipinski definition) is 0. The second kappa shape index (κ2) is 3.62. The number of allylic oxidation sites excluding steroid dienone is 4. The van der Waals surface area contributed by atoms with Gasteiger partial charge in [0.15, 0.2) is 5.78 Å². The Labute approximate surface area is 93.3 Å². The molecule has 0 N–H and O–H groups in total. The Hall–Kier alpha value is -0.850. The van der Waals surface area contributed by atoms with Crippen molar-refractivity contribution in [1.82, 2.24) is 0 Å². The normalized spacial score (nSPS) is 17.5. The molecule has 1 nitrogen and oxygen atoms in total. The fraction of sp³-hybridized carbons (Fsp3) is 0.643. The van der Waals surface area contributed by atoms with Gasteiger partial charge in [0.2, 0.25) is 0 Å². The van der Waals surface area contributed by atoms with Gasteiger partial charge in [-0.15, -0.1) is 0 Å². The molecule has 1 aliphatic carbocycles. The van der Waals surface area contributed by atoms with Gasteiger partial charge in [-0.3, -0.25) is 4.79 Å². The third-order valence-corrected chi connectivity index (χ3v) is 2.80. The lowest BCUT2D eigenvalue weighted by molar-refractivity contribution is -0.122. The molecule has 0 aromatic rings. The molecule has 84 valence electrons. The predicted octanol–water partition coefficient (Wildman–Crippen LogP) is 3.90. The number of carbonyl (C=O) groups is 1. The number of ketones is 1. The average Bonchev–Trinajstić information content (AvgIpc) is 2.47. The van der Waals surface area contributed by atoms with E-state index in [0.717, 1.165) is 12.0 Å². The summed E-state index contributed by atoms with van der Waals surface area (Å²) in [5.74, 6) is 0.276. The number of Topliss-reactive ketones (excluding diaryl/α,β-unsaturated/α-hetero) is 1. The molecule has 0 spiro atoms. The van der Waals surface area contributed by atoms with Gasteiger partial charge in [-0.2, -0.15) is 0 Å². The summed E-state index contributed by atoms with van der Waals surface area (Å²) < 4.78 is 0. The number of hydrogen-bond acceptors (Lipinski definition) is 1. The molecule has 0 bridgehead atoms. The van der Waals surface area contributed by atoms with Crippen LogP contribution >= 0.6 is 0 Å². The summed E-state index contributed by atoms with van der Waals surface area (Å²) >= 11 is 0. The topological polar surface area (TPSA) is 17.1 Å². The molecule has 0 aromatic heterocycles. The molecule has 0 fully saturated rings. The molecule has 0 heterocycles. The first kappa shape index (κ1) is 12.2. The predicted molar refractivity (Wildman–Crippen MR) is 64.7 cm³/mol. The Balaban J connectivity index is 2.74. The third-order valence-electron chi connectivity index (χ3n) is 2.80. The van der Waals surface area contributed by atoms with E-state index in [4.69, 9.17) is 0 Å². The van der Waals surface area contributed by atoms with E-state index in [9.17, 15) is 4.79 Å². The van der Waals surface area contributed by atoms with Crippen molar-refractivity contribution in [3.05, 3.63) is 23.3 Å². The van der Waals surface area contributed by atoms with Crippen molar-refractivity contribution in [3.63, 3.8) is 0 Å². The average molecular weight is 206 g/mol. The van der Waals surface area contributed by atoms with E-state index in [0.29, 0.717) is 0 Å². The molecular weight excluding hydrogens is 184 g/mol. The quantitative estimate of drug-likeness (QED) is 0.636. The van der Waals surface area contributed by atoms with Crippen molar-refractivity contribution in [3.8, 4) is 0 Å². The molecule has 0 atom stereocenters. The van der Waals surface area contributed by atoms with Crippen LogP contribution in [0, 0.1) is 10.8 Å². The third kappa shape index (κ3) is 2.80. The highest BCUT2D eigenvalue weighted by Gasteiger charge is 2.29. The minimum Gasteiger partial charge on any atom is -0.294 e. The zero-order valence-corrected chi connectivity index (χ0v) is 10.8. The monoisotopic (exact) mass is 206 g/mol. The van der Waals surface area contributed by atoms with E-state index in [1.807, 2.05) is 26.8 Å². The summed E-state index contributed by atoms with van der Waals surface area (Å²) in [7, 11) is 0.